The molecule has 0 N–H and O–H groups in total. The Morgan fingerprint density at radius 1 is 1.24 bits per heavy atom. The number of amides is 1. The number of rotatable bonds is 5. The van der Waals surface area contributed by atoms with Gasteiger partial charge in [0.25, 0.3) is 0 Å². The molecule has 2 aliphatic rings. The molecule has 2 aromatic carbocycles. The molecule has 2 aliphatic heterocycles. The maximum absolute atomic E-state index is 13.4. The molecule has 0 aromatic heterocycles. The Morgan fingerprint density at radius 2 is 2.10 bits per heavy atom. The van der Waals surface area contributed by atoms with Crippen molar-refractivity contribution in [3.05, 3.63) is 53.6 Å². The second kappa shape index (κ2) is 8.36. The van der Waals surface area contributed by atoms with Crippen molar-refractivity contribution in [2.75, 3.05) is 38.8 Å². The van der Waals surface area contributed by atoms with Crippen LogP contribution in [0.1, 0.15) is 36.9 Å². The average molecular weight is 395 g/mol. The molecule has 1 fully saturated rings. The lowest BCUT2D eigenvalue weighted by Crippen LogP contribution is -2.40. The Bertz CT molecular complexity index is 880. The van der Waals surface area contributed by atoms with Crippen molar-refractivity contribution in [1.82, 2.24) is 4.90 Å². The molecule has 2 aromatic rings. The fourth-order valence-corrected chi connectivity index (χ4v) is 4.41. The van der Waals surface area contributed by atoms with E-state index < -0.39 is 0 Å². The van der Waals surface area contributed by atoms with Crippen LogP contribution in [0.15, 0.2) is 42.5 Å². The molecular formula is C24H30N2O3. The van der Waals surface area contributed by atoms with Crippen LogP contribution in [0, 0.1) is 5.92 Å². The Balaban J connectivity index is 1.52. The van der Waals surface area contributed by atoms with Crippen LogP contribution in [0.3, 0.4) is 0 Å². The molecule has 0 spiro atoms. The number of likely N-dealkylation sites (tertiary alicyclic amines) is 1. The average Bonchev–Trinajstić information content (AvgIpc) is 3.23. The molecule has 0 saturated carbocycles. The number of fused-ring (bicyclic) bond motifs is 1. The van der Waals surface area contributed by atoms with Crippen molar-refractivity contribution in [2.24, 2.45) is 5.92 Å². The lowest BCUT2D eigenvalue weighted by Gasteiger charge is -2.32. The van der Waals surface area contributed by atoms with Gasteiger partial charge in [0.15, 0.2) is 0 Å². The van der Waals surface area contributed by atoms with E-state index in [9.17, 15) is 4.79 Å². The third kappa shape index (κ3) is 4.04. The van der Waals surface area contributed by atoms with Gasteiger partial charge >= 0.3 is 0 Å². The van der Waals surface area contributed by atoms with E-state index in [4.69, 9.17) is 9.47 Å². The fraction of sp³-hybridized carbons (Fsp3) is 0.458. The van der Waals surface area contributed by atoms with Crippen LogP contribution in [0.2, 0.25) is 0 Å². The summed E-state index contributed by atoms with van der Waals surface area (Å²) in [6.07, 6.45) is 2.76. The van der Waals surface area contributed by atoms with E-state index in [1.54, 1.807) is 0 Å². The maximum atomic E-state index is 13.4. The summed E-state index contributed by atoms with van der Waals surface area (Å²) < 4.78 is 11.5. The van der Waals surface area contributed by atoms with Crippen molar-refractivity contribution in [1.29, 1.82) is 0 Å². The molecule has 2 heterocycles. The van der Waals surface area contributed by atoms with Crippen LogP contribution < -0.4 is 14.4 Å². The normalized spacial score (nSPS) is 20.7. The van der Waals surface area contributed by atoms with Crippen molar-refractivity contribution in [2.45, 2.75) is 32.2 Å². The Hall–Kier alpha value is -2.69. The van der Waals surface area contributed by atoms with Crippen LogP contribution >= 0.6 is 0 Å². The van der Waals surface area contributed by atoms with Crippen molar-refractivity contribution in [3.8, 4) is 11.5 Å². The molecule has 2 atom stereocenters. The van der Waals surface area contributed by atoms with E-state index in [-0.39, 0.29) is 17.9 Å². The molecule has 154 valence electrons. The van der Waals surface area contributed by atoms with Gasteiger partial charge in [-0.05, 0) is 67.6 Å². The largest absolute Gasteiger partial charge is 0.494 e. The Morgan fingerprint density at radius 3 is 2.90 bits per heavy atom. The van der Waals surface area contributed by atoms with Crippen LogP contribution in [-0.2, 0) is 11.2 Å². The molecular weight excluding hydrogens is 364 g/mol. The number of benzene rings is 2. The first kappa shape index (κ1) is 19.6. The first-order chi connectivity index (χ1) is 14.1. The Labute approximate surface area is 173 Å². The van der Waals surface area contributed by atoms with Crippen LogP contribution in [-0.4, -0.2) is 44.7 Å². The van der Waals surface area contributed by atoms with Gasteiger partial charge < -0.3 is 19.3 Å². The first-order valence-electron chi connectivity index (χ1n) is 10.5. The molecule has 4 rings (SSSR count). The molecule has 5 heteroatoms. The van der Waals surface area contributed by atoms with Gasteiger partial charge in [0.2, 0.25) is 5.91 Å². The van der Waals surface area contributed by atoms with E-state index in [0.717, 1.165) is 36.4 Å². The summed E-state index contributed by atoms with van der Waals surface area (Å²) in [4.78, 5) is 17.6. The van der Waals surface area contributed by atoms with Gasteiger partial charge in [-0.3, -0.25) is 4.79 Å². The van der Waals surface area contributed by atoms with E-state index in [0.29, 0.717) is 19.6 Å². The van der Waals surface area contributed by atoms with Gasteiger partial charge in [-0.25, -0.2) is 0 Å². The summed E-state index contributed by atoms with van der Waals surface area (Å²) in [5.41, 5.74) is 3.45. The second-order valence-electron chi connectivity index (χ2n) is 8.09. The molecule has 0 bridgehead atoms. The zero-order valence-electron chi connectivity index (χ0n) is 17.6. The molecule has 1 amide bonds. The standard InChI is InChI=1S/C24H30N2O3/c1-4-28-21-10-11-23-18(15-21)13-19(16-29-23)24(27)26-12-6-9-22(26)17-7-5-8-20(14-17)25(2)3/h5,7-8,10-11,14-15,19,22H,4,6,9,12-13,16H2,1-3H3. The van der Waals surface area contributed by atoms with Crippen molar-refractivity contribution in [3.63, 3.8) is 0 Å². The molecule has 5 nitrogen and oxygen atoms in total. The van der Waals surface area contributed by atoms with Gasteiger partial charge in [0, 0.05) is 26.3 Å². The minimum absolute atomic E-state index is 0.142. The summed E-state index contributed by atoms with van der Waals surface area (Å²) in [6, 6.07) is 14.6. The minimum Gasteiger partial charge on any atom is -0.494 e. The predicted octanol–water partition coefficient (Wildman–Crippen LogP) is 4.07. The second-order valence-corrected chi connectivity index (χ2v) is 8.09. The summed E-state index contributed by atoms with van der Waals surface area (Å²) in [5, 5.41) is 0. The number of hydrogen-bond acceptors (Lipinski definition) is 4. The highest BCUT2D eigenvalue weighted by Crippen LogP contribution is 2.37. The SMILES string of the molecule is CCOc1ccc2c(c1)CC(C(=O)N1CCCC1c1cccc(N(C)C)c1)CO2. The van der Waals surface area contributed by atoms with Gasteiger partial charge in [-0.15, -0.1) is 0 Å². The summed E-state index contributed by atoms with van der Waals surface area (Å²) in [5.74, 6) is 1.77. The number of carbonyl (C=O) groups excluding carboxylic acids is 1. The topological polar surface area (TPSA) is 42.0 Å². The van der Waals surface area contributed by atoms with Crippen LogP contribution in [0.25, 0.3) is 0 Å². The molecule has 2 unspecified atom stereocenters. The quantitative estimate of drug-likeness (QED) is 0.767. The fourth-order valence-electron chi connectivity index (χ4n) is 4.41. The highest BCUT2D eigenvalue weighted by molar-refractivity contribution is 5.80. The van der Waals surface area contributed by atoms with Crippen molar-refractivity contribution < 1.29 is 14.3 Å². The van der Waals surface area contributed by atoms with E-state index in [1.807, 2.05) is 39.2 Å². The highest BCUT2D eigenvalue weighted by atomic mass is 16.5. The zero-order chi connectivity index (χ0) is 20.4. The highest BCUT2D eigenvalue weighted by Gasteiger charge is 2.36. The van der Waals surface area contributed by atoms with Gasteiger partial charge in [-0.2, -0.15) is 0 Å². The van der Waals surface area contributed by atoms with Gasteiger partial charge in [0.1, 0.15) is 18.1 Å². The lowest BCUT2D eigenvalue weighted by molar-refractivity contribution is -0.137. The monoisotopic (exact) mass is 394 g/mol. The number of carbonyl (C=O) groups is 1. The van der Waals surface area contributed by atoms with E-state index in [2.05, 4.69) is 34.1 Å². The van der Waals surface area contributed by atoms with E-state index in [1.165, 1.54) is 11.3 Å². The smallest absolute Gasteiger partial charge is 0.229 e. The Kier molecular flexibility index (Phi) is 5.65. The number of hydrogen-bond donors (Lipinski definition) is 0. The lowest BCUT2D eigenvalue weighted by atomic mass is 9.94. The van der Waals surface area contributed by atoms with Gasteiger partial charge in [-0.1, -0.05) is 12.1 Å². The minimum atomic E-state index is -0.142. The van der Waals surface area contributed by atoms with Gasteiger partial charge in [0.05, 0.1) is 18.6 Å². The molecule has 29 heavy (non-hydrogen) atoms. The summed E-state index contributed by atoms with van der Waals surface area (Å²) in [7, 11) is 4.09. The van der Waals surface area contributed by atoms with Crippen molar-refractivity contribution >= 4 is 11.6 Å². The predicted molar refractivity (Wildman–Crippen MR) is 115 cm³/mol. The zero-order valence-corrected chi connectivity index (χ0v) is 17.6. The number of nitrogens with zero attached hydrogens (tertiary/aromatic N) is 2. The third-order valence-corrected chi connectivity index (χ3v) is 5.91. The summed E-state index contributed by atoms with van der Waals surface area (Å²) >= 11 is 0. The first-order valence-corrected chi connectivity index (χ1v) is 10.5. The van der Waals surface area contributed by atoms with Crippen LogP contribution in [0.4, 0.5) is 5.69 Å². The van der Waals surface area contributed by atoms with E-state index >= 15 is 0 Å². The number of anilines is 1. The molecule has 0 aliphatic carbocycles. The number of ether oxygens (including phenoxy) is 2. The molecule has 1 saturated heterocycles. The van der Waals surface area contributed by atoms with Crippen LogP contribution in [0.5, 0.6) is 11.5 Å². The maximum Gasteiger partial charge on any atom is 0.229 e. The summed E-state index contributed by atoms with van der Waals surface area (Å²) in [6.45, 7) is 3.86. The third-order valence-electron chi connectivity index (χ3n) is 5.91. The molecule has 0 radical (unpaired) electrons.